The molecule has 1 aliphatic rings. The number of aryl methyl sites for hydroxylation is 1. The fourth-order valence-electron chi connectivity index (χ4n) is 3.61. The lowest BCUT2D eigenvalue weighted by Crippen LogP contribution is -2.38. The van der Waals surface area contributed by atoms with Gasteiger partial charge in [-0.15, -0.1) is 0 Å². The summed E-state index contributed by atoms with van der Waals surface area (Å²) >= 11 is 9.71. The van der Waals surface area contributed by atoms with Crippen molar-refractivity contribution in [2.24, 2.45) is 0 Å². The summed E-state index contributed by atoms with van der Waals surface area (Å²) in [6, 6.07) is 19.3. The average Bonchev–Trinajstić information content (AvgIpc) is 2.73. The Morgan fingerprint density at radius 2 is 1.86 bits per heavy atom. The number of nitrogens with zero attached hydrogens (tertiary/aromatic N) is 1. The Hall–Kier alpha value is -2.37. The van der Waals surface area contributed by atoms with Gasteiger partial charge >= 0.3 is 6.09 Å². The van der Waals surface area contributed by atoms with Gasteiger partial charge in [-0.3, -0.25) is 4.90 Å². The zero-order chi connectivity index (χ0) is 20.4. The maximum atomic E-state index is 13.4. The van der Waals surface area contributed by atoms with Gasteiger partial charge in [-0.1, -0.05) is 54.1 Å². The molecular formula is C23H18BrClFNO2. The van der Waals surface area contributed by atoms with E-state index in [1.54, 1.807) is 17.0 Å². The van der Waals surface area contributed by atoms with Crippen molar-refractivity contribution in [1.29, 1.82) is 0 Å². The van der Waals surface area contributed by atoms with E-state index in [2.05, 4.69) is 15.9 Å². The van der Waals surface area contributed by atoms with E-state index >= 15 is 0 Å². The van der Waals surface area contributed by atoms with Crippen LogP contribution in [0.4, 0.5) is 14.9 Å². The Bertz CT molecular complexity index is 1030. The molecule has 6 heteroatoms. The van der Waals surface area contributed by atoms with E-state index in [0.29, 0.717) is 15.9 Å². The second-order valence-electron chi connectivity index (χ2n) is 6.91. The van der Waals surface area contributed by atoms with Crippen LogP contribution in [-0.2, 0) is 17.8 Å². The second-order valence-corrected chi connectivity index (χ2v) is 8.17. The maximum Gasteiger partial charge on any atom is 0.415 e. The number of ether oxygens (including phenoxy) is 1. The van der Waals surface area contributed by atoms with Crippen LogP contribution in [0.2, 0.25) is 5.02 Å². The predicted molar refractivity (Wildman–Crippen MR) is 116 cm³/mol. The minimum atomic E-state index is -0.446. The van der Waals surface area contributed by atoms with Crippen molar-refractivity contribution in [1.82, 2.24) is 0 Å². The summed E-state index contributed by atoms with van der Waals surface area (Å²) in [7, 11) is 0. The molecule has 0 bridgehead atoms. The molecule has 0 saturated carbocycles. The van der Waals surface area contributed by atoms with Gasteiger partial charge in [-0.05, 0) is 69.7 Å². The SMILES string of the molecule is O=C(OCc1ccccc1)N1c2cc(Br)c(Cl)cc2CCC1c1ccc(F)cc1. The first-order valence-corrected chi connectivity index (χ1v) is 10.4. The molecule has 1 unspecified atom stereocenters. The van der Waals surface area contributed by atoms with E-state index in [-0.39, 0.29) is 18.5 Å². The molecular weight excluding hydrogens is 457 g/mol. The Balaban J connectivity index is 1.68. The molecule has 0 saturated heterocycles. The summed E-state index contributed by atoms with van der Waals surface area (Å²) in [6.45, 7) is 0.177. The van der Waals surface area contributed by atoms with Crippen LogP contribution in [0, 0.1) is 5.82 Å². The number of benzene rings is 3. The van der Waals surface area contributed by atoms with Crippen molar-refractivity contribution in [2.75, 3.05) is 4.90 Å². The number of anilines is 1. The highest BCUT2D eigenvalue weighted by atomic mass is 79.9. The lowest BCUT2D eigenvalue weighted by Gasteiger charge is -2.37. The highest BCUT2D eigenvalue weighted by molar-refractivity contribution is 9.10. The van der Waals surface area contributed by atoms with Gasteiger partial charge in [0.05, 0.1) is 16.8 Å². The Kier molecular flexibility index (Phi) is 5.88. The normalized spacial score (nSPS) is 15.7. The van der Waals surface area contributed by atoms with Crippen LogP contribution in [0.5, 0.6) is 0 Å². The van der Waals surface area contributed by atoms with Gasteiger partial charge < -0.3 is 4.74 Å². The minimum absolute atomic E-state index is 0.177. The minimum Gasteiger partial charge on any atom is -0.444 e. The molecule has 3 nitrogen and oxygen atoms in total. The number of halogens is 3. The van der Waals surface area contributed by atoms with Gasteiger partial charge in [-0.25, -0.2) is 9.18 Å². The molecule has 1 heterocycles. The molecule has 0 spiro atoms. The quantitative estimate of drug-likeness (QED) is 0.406. The predicted octanol–water partition coefficient (Wildman–Crippen LogP) is 7.07. The van der Waals surface area contributed by atoms with E-state index in [4.69, 9.17) is 16.3 Å². The molecule has 1 amide bonds. The summed E-state index contributed by atoms with van der Waals surface area (Å²) in [5.74, 6) is -0.308. The lowest BCUT2D eigenvalue weighted by molar-refractivity contribution is 0.143. The zero-order valence-corrected chi connectivity index (χ0v) is 17.8. The molecule has 0 aromatic heterocycles. The van der Waals surface area contributed by atoms with Gasteiger partial charge in [0.2, 0.25) is 0 Å². The second kappa shape index (κ2) is 8.56. The fraction of sp³-hybridized carbons (Fsp3) is 0.174. The van der Waals surface area contributed by atoms with Crippen molar-refractivity contribution < 1.29 is 13.9 Å². The van der Waals surface area contributed by atoms with Crippen LogP contribution >= 0.6 is 27.5 Å². The smallest absolute Gasteiger partial charge is 0.415 e. The van der Waals surface area contributed by atoms with Crippen molar-refractivity contribution in [3.8, 4) is 0 Å². The van der Waals surface area contributed by atoms with Crippen LogP contribution in [0.15, 0.2) is 71.2 Å². The van der Waals surface area contributed by atoms with Crippen molar-refractivity contribution in [3.63, 3.8) is 0 Å². The summed E-state index contributed by atoms with van der Waals surface area (Å²) in [6.07, 6.45) is 1.00. The molecule has 1 aliphatic heterocycles. The average molecular weight is 475 g/mol. The molecule has 0 fully saturated rings. The number of fused-ring (bicyclic) bond motifs is 1. The number of amides is 1. The van der Waals surface area contributed by atoms with Crippen LogP contribution in [0.25, 0.3) is 0 Å². The third kappa shape index (κ3) is 4.31. The number of hydrogen-bond donors (Lipinski definition) is 0. The topological polar surface area (TPSA) is 29.5 Å². The lowest BCUT2D eigenvalue weighted by atomic mass is 9.91. The first-order chi connectivity index (χ1) is 14.0. The van der Waals surface area contributed by atoms with Crippen molar-refractivity contribution >= 4 is 39.3 Å². The molecule has 4 rings (SSSR count). The molecule has 29 heavy (non-hydrogen) atoms. The monoisotopic (exact) mass is 473 g/mol. The van der Waals surface area contributed by atoms with Crippen LogP contribution in [0.1, 0.15) is 29.2 Å². The fourth-order valence-corrected chi connectivity index (χ4v) is 4.12. The Morgan fingerprint density at radius 1 is 1.14 bits per heavy atom. The molecule has 3 aromatic rings. The van der Waals surface area contributed by atoms with Crippen LogP contribution in [-0.4, -0.2) is 6.09 Å². The standard InChI is InChI=1S/C23H18BrClFNO2/c24-19-13-22-17(12-20(19)25)8-11-21(16-6-9-18(26)10-7-16)27(22)23(28)29-14-15-4-2-1-3-5-15/h1-7,9-10,12-13,21H,8,11,14H2. The van der Waals surface area contributed by atoms with Gasteiger partial charge in [0, 0.05) is 4.47 Å². The molecule has 0 aliphatic carbocycles. The molecule has 3 aromatic carbocycles. The summed E-state index contributed by atoms with van der Waals surface area (Å²) in [4.78, 5) is 14.8. The first kappa shape index (κ1) is 19.9. The van der Waals surface area contributed by atoms with Crippen molar-refractivity contribution in [3.05, 3.63) is 98.7 Å². The summed E-state index contributed by atoms with van der Waals surface area (Å²) in [5, 5.41) is 0.599. The van der Waals surface area contributed by atoms with Gasteiger partial charge in [0.15, 0.2) is 0 Å². The largest absolute Gasteiger partial charge is 0.444 e. The van der Waals surface area contributed by atoms with E-state index in [9.17, 15) is 9.18 Å². The van der Waals surface area contributed by atoms with Crippen LogP contribution < -0.4 is 4.90 Å². The third-order valence-electron chi connectivity index (χ3n) is 5.04. The van der Waals surface area contributed by atoms with Gasteiger partial charge in [0.25, 0.3) is 0 Å². The van der Waals surface area contributed by atoms with Crippen molar-refractivity contribution in [2.45, 2.75) is 25.5 Å². The molecule has 1 atom stereocenters. The van der Waals surface area contributed by atoms with Crippen LogP contribution in [0.3, 0.4) is 0 Å². The van der Waals surface area contributed by atoms with E-state index in [1.165, 1.54) is 12.1 Å². The Morgan fingerprint density at radius 3 is 2.59 bits per heavy atom. The highest BCUT2D eigenvalue weighted by Crippen LogP contribution is 2.42. The molecule has 0 N–H and O–H groups in total. The molecule has 148 valence electrons. The van der Waals surface area contributed by atoms with Gasteiger partial charge in [-0.2, -0.15) is 0 Å². The number of carbonyl (C=O) groups excluding carboxylic acids is 1. The van der Waals surface area contributed by atoms with E-state index in [0.717, 1.165) is 28.8 Å². The van der Waals surface area contributed by atoms with E-state index in [1.807, 2.05) is 42.5 Å². The zero-order valence-electron chi connectivity index (χ0n) is 15.4. The van der Waals surface area contributed by atoms with E-state index < -0.39 is 6.09 Å². The number of hydrogen-bond acceptors (Lipinski definition) is 2. The Labute approximate surface area is 182 Å². The first-order valence-electron chi connectivity index (χ1n) is 9.26. The number of rotatable bonds is 3. The highest BCUT2D eigenvalue weighted by Gasteiger charge is 2.34. The van der Waals surface area contributed by atoms with Gasteiger partial charge in [0.1, 0.15) is 12.4 Å². The number of carbonyl (C=O) groups is 1. The molecule has 0 radical (unpaired) electrons. The third-order valence-corrected chi connectivity index (χ3v) is 6.23. The summed E-state index contributed by atoms with van der Waals surface area (Å²) < 4.78 is 19.8. The summed E-state index contributed by atoms with van der Waals surface area (Å²) in [5.41, 5.74) is 3.50. The maximum absolute atomic E-state index is 13.4.